The molecular formula is C14H28OS. The largest absolute Gasteiger partial charge is 0.487 e. The van der Waals surface area contributed by atoms with Gasteiger partial charge in [0.15, 0.2) is 5.05 Å². The minimum atomic E-state index is 0.719. The maximum Gasteiger partial charge on any atom is 0.159 e. The van der Waals surface area contributed by atoms with E-state index < -0.39 is 0 Å². The number of hydrogen-bond acceptors (Lipinski definition) is 2. The van der Waals surface area contributed by atoms with Gasteiger partial charge in [-0.05, 0) is 25.6 Å². The molecule has 0 amide bonds. The summed E-state index contributed by atoms with van der Waals surface area (Å²) in [6.45, 7) is 4.97. The van der Waals surface area contributed by atoms with Gasteiger partial charge < -0.3 is 4.74 Å². The van der Waals surface area contributed by atoms with Crippen LogP contribution >= 0.6 is 12.2 Å². The Bertz CT molecular complexity index is 157. The molecule has 96 valence electrons. The lowest BCUT2D eigenvalue weighted by Gasteiger charge is -2.04. The lowest BCUT2D eigenvalue weighted by atomic mass is 10.1. The van der Waals surface area contributed by atoms with Crippen LogP contribution in [0, 0.1) is 0 Å². The van der Waals surface area contributed by atoms with Crippen LogP contribution in [0.2, 0.25) is 0 Å². The van der Waals surface area contributed by atoms with Crippen molar-refractivity contribution >= 4 is 17.3 Å². The molecular weight excluding hydrogens is 216 g/mol. The van der Waals surface area contributed by atoms with Gasteiger partial charge in [-0.15, -0.1) is 0 Å². The molecule has 0 aliphatic heterocycles. The van der Waals surface area contributed by atoms with Crippen LogP contribution in [0.4, 0.5) is 0 Å². The van der Waals surface area contributed by atoms with E-state index in [2.05, 4.69) is 6.92 Å². The van der Waals surface area contributed by atoms with Gasteiger partial charge in [-0.1, -0.05) is 58.3 Å². The van der Waals surface area contributed by atoms with Crippen LogP contribution in [-0.2, 0) is 4.74 Å². The fourth-order valence-corrected chi connectivity index (χ4v) is 2.08. The molecule has 0 spiro atoms. The van der Waals surface area contributed by atoms with Crippen LogP contribution < -0.4 is 0 Å². The van der Waals surface area contributed by atoms with E-state index in [0.717, 1.165) is 18.1 Å². The first kappa shape index (κ1) is 15.9. The van der Waals surface area contributed by atoms with Crippen LogP contribution in [0.1, 0.15) is 78.1 Å². The lowest BCUT2D eigenvalue weighted by molar-refractivity contribution is 0.325. The second kappa shape index (κ2) is 13.0. The molecule has 0 N–H and O–H groups in total. The Morgan fingerprint density at radius 1 is 0.812 bits per heavy atom. The number of ether oxygens (including phenoxy) is 1. The Morgan fingerprint density at radius 3 is 1.81 bits per heavy atom. The third-order valence-electron chi connectivity index (χ3n) is 2.79. The average molecular weight is 244 g/mol. The zero-order valence-electron chi connectivity index (χ0n) is 11.1. The minimum Gasteiger partial charge on any atom is -0.487 e. The Balaban J connectivity index is 3.01. The maximum absolute atomic E-state index is 5.25. The molecule has 1 nitrogen and oxygen atoms in total. The Hall–Kier alpha value is -0.110. The SMILES string of the molecule is CCCCCCCCCCCC(=S)OCC. The van der Waals surface area contributed by atoms with Crippen molar-refractivity contribution in [2.45, 2.75) is 78.1 Å². The Morgan fingerprint density at radius 2 is 1.31 bits per heavy atom. The molecule has 0 radical (unpaired) electrons. The van der Waals surface area contributed by atoms with Gasteiger partial charge in [0.2, 0.25) is 0 Å². The maximum atomic E-state index is 5.25. The van der Waals surface area contributed by atoms with Gasteiger partial charge >= 0.3 is 0 Å². The monoisotopic (exact) mass is 244 g/mol. The zero-order valence-corrected chi connectivity index (χ0v) is 11.9. The molecule has 0 fully saturated rings. The van der Waals surface area contributed by atoms with Gasteiger partial charge in [0.05, 0.1) is 6.61 Å². The highest BCUT2D eigenvalue weighted by Crippen LogP contribution is 2.10. The van der Waals surface area contributed by atoms with E-state index in [1.54, 1.807) is 0 Å². The first-order valence-electron chi connectivity index (χ1n) is 6.96. The smallest absolute Gasteiger partial charge is 0.159 e. The fraction of sp³-hybridized carbons (Fsp3) is 0.929. The van der Waals surface area contributed by atoms with E-state index in [1.165, 1.54) is 57.8 Å². The molecule has 0 rings (SSSR count). The highest BCUT2D eigenvalue weighted by atomic mass is 32.1. The quantitative estimate of drug-likeness (QED) is 0.361. The molecule has 0 atom stereocenters. The first-order valence-corrected chi connectivity index (χ1v) is 7.37. The van der Waals surface area contributed by atoms with Crippen molar-refractivity contribution in [3.05, 3.63) is 0 Å². The predicted molar refractivity (Wildman–Crippen MR) is 76.1 cm³/mol. The van der Waals surface area contributed by atoms with E-state index in [9.17, 15) is 0 Å². The van der Waals surface area contributed by atoms with Crippen molar-refractivity contribution in [3.8, 4) is 0 Å². The summed E-state index contributed by atoms with van der Waals surface area (Å²) in [4.78, 5) is 0. The topological polar surface area (TPSA) is 9.23 Å². The van der Waals surface area contributed by atoms with Crippen LogP contribution in [0.15, 0.2) is 0 Å². The third-order valence-corrected chi connectivity index (χ3v) is 3.11. The Kier molecular flexibility index (Phi) is 12.9. The molecule has 16 heavy (non-hydrogen) atoms. The predicted octanol–water partition coefficient (Wildman–Crippen LogP) is 5.27. The molecule has 0 bridgehead atoms. The van der Waals surface area contributed by atoms with Crippen molar-refractivity contribution in [3.63, 3.8) is 0 Å². The van der Waals surface area contributed by atoms with Gasteiger partial charge in [0.25, 0.3) is 0 Å². The Labute approximate surface area is 107 Å². The summed E-state index contributed by atoms with van der Waals surface area (Å²) < 4.78 is 5.25. The van der Waals surface area contributed by atoms with Crippen LogP contribution in [-0.4, -0.2) is 11.7 Å². The van der Waals surface area contributed by atoms with E-state index in [0.29, 0.717) is 0 Å². The van der Waals surface area contributed by atoms with Gasteiger partial charge in [0.1, 0.15) is 0 Å². The molecule has 0 aromatic rings. The molecule has 0 aliphatic carbocycles. The average Bonchev–Trinajstić information content (AvgIpc) is 2.27. The van der Waals surface area contributed by atoms with Crippen molar-refractivity contribution in [1.82, 2.24) is 0 Å². The van der Waals surface area contributed by atoms with E-state index >= 15 is 0 Å². The normalized spacial score (nSPS) is 10.4. The molecule has 0 heterocycles. The minimum absolute atomic E-state index is 0.719. The van der Waals surface area contributed by atoms with Crippen molar-refractivity contribution in [2.75, 3.05) is 6.61 Å². The van der Waals surface area contributed by atoms with E-state index in [1.807, 2.05) is 6.92 Å². The van der Waals surface area contributed by atoms with E-state index in [-0.39, 0.29) is 0 Å². The molecule has 2 heteroatoms. The van der Waals surface area contributed by atoms with Gasteiger partial charge in [0, 0.05) is 6.42 Å². The molecule has 0 aliphatic rings. The molecule has 0 saturated carbocycles. The summed E-state index contributed by atoms with van der Waals surface area (Å²) in [5, 5.41) is 0.797. The number of hydrogen-bond donors (Lipinski definition) is 0. The summed E-state index contributed by atoms with van der Waals surface area (Å²) >= 11 is 5.08. The van der Waals surface area contributed by atoms with Crippen LogP contribution in [0.3, 0.4) is 0 Å². The molecule has 0 saturated heterocycles. The van der Waals surface area contributed by atoms with Gasteiger partial charge in [-0.3, -0.25) is 0 Å². The second-order valence-electron chi connectivity index (χ2n) is 4.38. The van der Waals surface area contributed by atoms with Crippen molar-refractivity contribution in [1.29, 1.82) is 0 Å². The standard InChI is InChI=1S/C14H28OS/c1-3-5-6-7-8-9-10-11-12-13-14(16)15-4-2/h3-13H2,1-2H3. The van der Waals surface area contributed by atoms with Crippen LogP contribution in [0.5, 0.6) is 0 Å². The molecule has 0 aromatic carbocycles. The summed E-state index contributed by atoms with van der Waals surface area (Å²) in [6.07, 6.45) is 13.2. The summed E-state index contributed by atoms with van der Waals surface area (Å²) in [5.41, 5.74) is 0. The zero-order chi connectivity index (χ0) is 12.1. The highest BCUT2D eigenvalue weighted by molar-refractivity contribution is 7.80. The van der Waals surface area contributed by atoms with Crippen molar-refractivity contribution in [2.24, 2.45) is 0 Å². The van der Waals surface area contributed by atoms with Gasteiger partial charge in [-0.25, -0.2) is 0 Å². The highest BCUT2D eigenvalue weighted by Gasteiger charge is 1.96. The van der Waals surface area contributed by atoms with E-state index in [4.69, 9.17) is 17.0 Å². The molecule has 0 unspecified atom stereocenters. The number of rotatable bonds is 11. The first-order chi connectivity index (χ1) is 7.81. The van der Waals surface area contributed by atoms with Crippen LogP contribution in [0.25, 0.3) is 0 Å². The summed E-state index contributed by atoms with van der Waals surface area (Å²) in [6, 6.07) is 0. The van der Waals surface area contributed by atoms with Gasteiger partial charge in [-0.2, -0.15) is 0 Å². The number of unbranched alkanes of at least 4 members (excludes halogenated alkanes) is 8. The third kappa shape index (κ3) is 12.0. The fourth-order valence-electron chi connectivity index (χ4n) is 1.81. The number of thiocarbonyl (C=S) groups is 1. The second-order valence-corrected chi connectivity index (χ2v) is 4.84. The van der Waals surface area contributed by atoms with Crippen molar-refractivity contribution < 1.29 is 4.74 Å². The lowest BCUT2D eigenvalue weighted by Crippen LogP contribution is -2.00. The summed E-state index contributed by atoms with van der Waals surface area (Å²) in [7, 11) is 0. The molecule has 0 aromatic heterocycles. The summed E-state index contributed by atoms with van der Waals surface area (Å²) in [5.74, 6) is 0.